The van der Waals surface area contributed by atoms with E-state index in [1.165, 1.54) is 0 Å². The Morgan fingerprint density at radius 3 is 2.71 bits per heavy atom. The third-order valence-electron chi connectivity index (χ3n) is 9.21. The largest absolute Gasteiger partial charge is 0.389 e. The Labute approximate surface area is 224 Å². The Morgan fingerprint density at radius 1 is 1.16 bits per heavy atom. The molecule has 5 atom stereocenters. The molecule has 11 heteroatoms. The first kappa shape index (κ1) is 24.6. The number of aryl methyl sites for hydroxylation is 1. The Bertz CT molecular complexity index is 1380. The summed E-state index contributed by atoms with van der Waals surface area (Å²) in [7, 11) is 0. The number of rotatable bonds is 5. The standard InChI is InChI=1S/C27H31ClF2N6O2/c1-14-4-15-9-31-26(34-22-10-32-36(25(22)28)27-6-16(7-27)19(29)8-27)33-21(15)5-18(14)17-2-3-35(11-20(17)30)23-12-38-13-24(23)37/h4-5,9-10,16-17,19-20,23-24,37H,2-3,6-8,11-13H2,1H3,(H,31,33,34)/t16?,17?,19?,20?,23-,24?,27?/m1/s1. The van der Waals surface area contributed by atoms with E-state index in [0.717, 1.165) is 34.9 Å². The van der Waals surface area contributed by atoms with Gasteiger partial charge in [0, 0.05) is 30.5 Å². The molecule has 4 unspecified atom stereocenters. The molecular formula is C27H31ClF2N6O2. The topological polar surface area (TPSA) is 88.3 Å². The molecule has 0 spiro atoms. The van der Waals surface area contributed by atoms with Crippen LogP contribution in [0, 0.1) is 12.8 Å². The number of aliphatic hydroxyl groups is 1. The van der Waals surface area contributed by atoms with Crippen LogP contribution in [0.1, 0.15) is 42.7 Å². The Hall–Kier alpha value is -2.40. The van der Waals surface area contributed by atoms with E-state index in [1.54, 1.807) is 17.1 Å². The number of alkyl halides is 2. The number of hydrogen-bond acceptors (Lipinski definition) is 7. The van der Waals surface area contributed by atoms with E-state index in [0.29, 0.717) is 49.4 Å². The molecular weight excluding hydrogens is 514 g/mol. The average molecular weight is 545 g/mol. The van der Waals surface area contributed by atoms with Gasteiger partial charge >= 0.3 is 0 Å². The quantitative estimate of drug-likeness (QED) is 0.496. The number of piperidine rings is 1. The van der Waals surface area contributed by atoms with E-state index in [-0.39, 0.29) is 30.0 Å². The number of benzene rings is 1. The molecule has 0 radical (unpaired) electrons. The molecule has 202 valence electrons. The van der Waals surface area contributed by atoms with Crippen molar-refractivity contribution in [3.63, 3.8) is 0 Å². The summed E-state index contributed by atoms with van der Waals surface area (Å²) < 4.78 is 36.7. The summed E-state index contributed by atoms with van der Waals surface area (Å²) in [5, 5.41) is 19.1. The minimum Gasteiger partial charge on any atom is -0.389 e. The van der Waals surface area contributed by atoms with Gasteiger partial charge in [-0.1, -0.05) is 11.6 Å². The van der Waals surface area contributed by atoms with Crippen molar-refractivity contribution in [3.8, 4) is 0 Å². The van der Waals surface area contributed by atoms with Crippen molar-refractivity contribution in [2.75, 3.05) is 31.6 Å². The highest BCUT2D eigenvalue weighted by Crippen LogP contribution is 2.59. The van der Waals surface area contributed by atoms with Gasteiger partial charge in [-0.15, -0.1) is 0 Å². The summed E-state index contributed by atoms with van der Waals surface area (Å²) in [6.45, 7) is 3.74. The molecule has 5 fully saturated rings. The van der Waals surface area contributed by atoms with E-state index in [1.807, 2.05) is 24.0 Å². The smallest absolute Gasteiger partial charge is 0.227 e. The fraction of sp³-hybridized carbons (Fsp3) is 0.593. The highest BCUT2D eigenvalue weighted by Gasteiger charge is 2.59. The van der Waals surface area contributed by atoms with Crippen molar-refractivity contribution in [1.82, 2.24) is 24.6 Å². The molecule has 2 saturated heterocycles. The molecule has 3 saturated carbocycles. The van der Waals surface area contributed by atoms with Crippen molar-refractivity contribution >= 4 is 34.1 Å². The van der Waals surface area contributed by atoms with Crippen LogP contribution < -0.4 is 5.32 Å². The third-order valence-corrected chi connectivity index (χ3v) is 9.57. The van der Waals surface area contributed by atoms with Gasteiger partial charge in [0.15, 0.2) is 5.15 Å². The lowest BCUT2D eigenvalue weighted by atomic mass is 9.77. The molecule has 2 bridgehead atoms. The van der Waals surface area contributed by atoms with Gasteiger partial charge in [0.05, 0.1) is 48.3 Å². The van der Waals surface area contributed by atoms with Crippen LogP contribution in [0.3, 0.4) is 0 Å². The normalized spacial score (nSPS) is 35.1. The first-order valence-corrected chi connectivity index (χ1v) is 13.8. The summed E-state index contributed by atoms with van der Waals surface area (Å²) in [5.41, 5.74) is 2.94. The van der Waals surface area contributed by atoms with Gasteiger partial charge in [0.1, 0.15) is 12.3 Å². The van der Waals surface area contributed by atoms with Crippen LogP contribution in [0.25, 0.3) is 10.9 Å². The molecule has 38 heavy (non-hydrogen) atoms. The Morgan fingerprint density at radius 2 is 2.00 bits per heavy atom. The maximum absolute atomic E-state index is 15.5. The van der Waals surface area contributed by atoms with Gasteiger partial charge in [-0.3, -0.25) is 4.90 Å². The van der Waals surface area contributed by atoms with E-state index < -0.39 is 18.4 Å². The number of ether oxygens (including phenoxy) is 1. The van der Waals surface area contributed by atoms with Crippen molar-refractivity contribution in [2.45, 2.75) is 68.6 Å². The second-order valence-electron chi connectivity index (χ2n) is 11.5. The number of anilines is 2. The summed E-state index contributed by atoms with van der Waals surface area (Å²) in [5.74, 6) is 0.243. The monoisotopic (exact) mass is 544 g/mol. The number of aromatic nitrogens is 4. The van der Waals surface area contributed by atoms with E-state index in [4.69, 9.17) is 21.3 Å². The predicted octanol–water partition coefficient (Wildman–Crippen LogP) is 4.27. The molecule has 8 nitrogen and oxygen atoms in total. The zero-order valence-corrected chi connectivity index (χ0v) is 21.9. The van der Waals surface area contributed by atoms with E-state index in [9.17, 15) is 9.50 Å². The first-order chi connectivity index (χ1) is 18.3. The summed E-state index contributed by atoms with van der Waals surface area (Å²) in [4.78, 5) is 11.2. The molecule has 3 aromatic rings. The number of nitrogens with zero attached hydrogens (tertiary/aromatic N) is 5. The van der Waals surface area contributed by atoms with Gasteiger partial charge in [-0.25, -0.2) is 23.4 Å². The van der Waals surface area contributed by atoms with Crippen LogP contribution in [-0.2, 0) is 10.3 Å². The number of halogens is 3. The molecule has 2 aromatic heterocycles. The van der Waals surface area contributed by atoms with Crippen LogP contribution in [0.2, 0.25) is 5.15 Å². The minimum absolute atomic E-state index is 0.118. The number of hydrogen-bond donors (Lipinski definition) is 2. The van der Waals surface area contributed by atoms with Crippen molar-refractivity contribution in [1.29, 1.82) is 0 Å². The van der Waals surface area contributed by atoms with Crippen molar-refractivity contribution < 1.29 is 18.6 Å². The van der Waals surface area contributed by atoms with Gasteiger partial charge < -0.3 is 15.2 Å². The maximum Gasteiger partial charge on any atom is 0.227 e. The van der Waals surface area contributed by atoms with Crippen molar-refractivity contribution in [3.05, 3.63) is 40.8 Å². The van der Waals surface area contributed by atoms with Crippen LogP contribution >= 0.6 is 11.6 Å². The van der Waals surface area contributed by atoms with Crippen LogP contribution in [0.5, 0.6) is 0 Å². The summed E-state index contributed by atoms with van der Waals surface area (Å²) in [6.07, 6.45) is 3.64. The Kier molecular flexibility index (Phi) is 5.88. The Balaban J connectivity index is 1.11. The molecule has 0 amide bonds. The molecule has 5 aliphatic rings. The lowest BCUT2D eigenvalue weighted by molar-refractivity contribution is 0.0352. The zero-order valence-electron chi connectivity index (χ0n) is 21.2. The fourth-order valence-corrected chi connectivity index (χ4v) is 7.44. The second kappa shape index (κ2) is 9.08. The van der Waals surface area contributed by atoms with E-state index in [2.05, 4.69) is 15.4 Å². The number of fused-ring (bicyclic) bond motifs is 2. The van der Waals surface area contributed by atoms with Gasteiger partial charge in [0.2, 0.25) is 5.95 Å². The molecule has 2 N–H and O–H groups in total. The lowest BCUT2D eigenvalue weighted by Crippen LogP contribution is -2.50. The van der Waals surface area contributed by atoms with Crippen LogP contribution in [-0.4, -0.2) is 80.5 Å². The molecule has 4 heterocycles. The van der Waals surface area contributed by atoms with Crippen molar-refractivity contribution in [2.24, 2.45) is 5.92 Å². The SMILES string of the molecule is Cc1cc2cnc(Nc3cnn(C45CC(F)C(C4)C5)c3Cl)nc2cc1C1CCN([C@@H]2COCC2O)CC1F. The second-order valence-corrected chi connectivity index (χ2v) is 11.9. The van der Waals surface area contributed by atoms with Gasteiger partial charge in [-0.2, -0.15) is 5.10 Å². The molecule has 2 aliphatic heterocycles. The van der Waals surface area contributed by atoms with Gasteiger partial charge in [0.25, 0.3) is 0 Å². The van der Waals surface area contributed by atoms with Crippen LogP contribution in [0.15, 0.2) is 24.5 Å². The first-order valence-electron chi connectivity index (χ1n) is 13.4. The highest BCUT2D eigenvalue weighted by molar-refractivity contribution is 6.32. The predicted molar refractivity (Wildman–Crippen MR) is 139 cm³/mol. The average Bonchev–Trinajstić information content (AvgIpc) is 3.62. The highest BCUT2D eigenvalue weighted by atomic mass is 35.5. The van der Waals surface area contributed by atoms with E-state index >= 15 is 4.39 Å². The number of nitrogens with one attached hydrogen (secondary N) is 1. The van der Waals surface area contributed by atoms with Gasteiger partial charge in [-0.05, 0) is 61.9 Å². The number of aliphatic hydroxyl groups excluding tert-OH is 1. The maximum atomic E-state index is 15.5. The molecule has 1 aromatic carbocycles. The van der Waals surface area contributed by atoms with Crippen LogP contribution in [0.4, 0.5) is 20.4 Å². The lowest BCUT2D eigenvalue weighted by Gasteiger charge is -2.39. The summed E-state index contributed by atoms with van der Waals surface area (Å²) in [6, 6.07) is 3.84. The fourth-order valence-electron chi connectivity index (χ4n) is 7.13. The molecule has 3 aliphatic carbocycles. The minimum atomic E-state index is -1.05. The zero-order chi connectivity index (χ0) is 26.2. The number of likely N-dealkylation sites (tertiary alicyclic amines) is 1. The molecule has 8 rings (SSSR count). The summed E-state index contributed by atoms with van der Waals surface area (Å²) >= 11 is 6.66. The third kappa shape index (κ3) is 3.91.